The van der Waals surface area contributed by atoms with Crippen molar-refractivity contribution in [2.24, 2.45) is 10.2 Å². The maximum Gasteiger partial charge on any atom is 0.298 e. The van der Waals surface area contributed by atoms with E-state index in [1.54, 1.807) is 6.07 Å². The average molecular weight is 410 g/mol. The summed E-state index contributed by atoms with van der Waals surface area (Å²) in [5.41, 5.74) is -0.543. The first kappa shape index (κ1) is 21.1. The molecular weight excluding hydrogens is 392 g/mol. The van der Waals surface area contributed by atoms with Crippen LogP contribution in [-0.2, 0) is 10.1 Å². The maximum atomic E-state index is 11.3. The van der Waals surface area contributed by atoms with E-state index in [2.05, 4.69) is 10.2 Å². The lowest BCUT2D eigenvalue weighted by Crippen LogP contribution is -2.21. The lowest BCUT2D eigenvalue weighted by molar-refractivity contribution is -0.385. The molecule has 0 aromatic heterocycles. The van der Waals surface area contributed by atoms with Gasteiger partial charge in [0.15, 0.2) is 5.75 Å². The number of nitro benzene ring substituents is 1. The van der Waals surface area contributed by atoms with Crippen LogP contribution in [0, 0.1) is 10.1 Å². The smallest absolute Gasteiger partial charge is 0.298 e. The Hall–Kier alpha value is -3.25. The van der Waals surface area contributed by atoms with E-state index in [9.17, 15) is 28.7 Å². The summed E-state index contributed by atoms with van der Waals surface area (Å²) in [4.78, 5) is 11.0. The largest absolute Gasteiger partial charge is 0.506 e. The first-order chi connectivity index (χ1) is 13.1. The Morgan fingerprint density at radius 2 is 1.68 bits per heavy atom. The molecule has 0 radical (unpaired) electrons. The van der Waals surface area contributed by atoms with E-state index in [4.69, 9.17) is 4.55 Å². The van der Waals surface area contributed by atoms with Crippen molar-refractivity contribution in [1.29, 1.82) is 0 Å². The van der Waals surface area contributed by atoms with E-state index in [1.807, 2.05) is 18.7 Å². The Labute approximate surface area is 160 Å². The Kier molecular flexibility index (Phi) is 6.16. The molecule has 150 valence electrons. The van der Waals surface area contributed by atoms with E-state index in [0.717, 1.165) is 24.8 Å². The van der Waals surface area contributed by atoms with Gasteiger partial charge < -0.3 is 15.1 Å². The number of anilines is 1. The zero-order valence-electron chi connectivity index (χ0n) is 15.0. The highest BCUT2D eigenvalue weighted by atomic mass is 32.2. The van der Waals surface area contributed by atoms with Crippen LogP contribution in [0.5, 0.6) is 11.5 Å². The summed E-state index contributed by atoms with van der Waals surface area (Å²) in [7, 11) is -4.94. The number of hydrogen-bond acceptors (Lipinski definition) is 9. The highest BCUT2D eigenvalue weighted by Gasteiger charge is 2.24. The molecule has 0 saturated heterocycles. The van der Waals surface area contributed by atoms with E-state index in [-0.39, 0.29) is 11.4 Å². The van der Waals surface area contributed by atoms with Crippen molar-refractivity contribution < 1.29 is 28.1 Å². The molecule has 0 spiro atoms. The van der Waals surface area contributed by atoms with Gasteiger partial charge in [0.05, 0.1) is 4.92 Å². The van der Waals surface area contributed by atoms with Crippen LogP contribution in [0.25, 0.3) is 0 Å². The number of benzene rings is 2. The summed E-state index contributed by atoms with van der Waals surface area (Å²) < 4.78 is 31.8. The highest BCUT2D eigenvalue weighted by Crippen LogP contribution is 2.39. The molecule has 0 aliphatic rings. The summed E-state index contributed by atoms with van der Waals surface area (Å²) in [5.74, 6) is -1.23. The van der Waals surface area contributed by atoms with Gasteiger partial charge in [0.1, 0.15) is 22.0 Å². The van der Waals surface area contributed by atoms with Gasteiger partial charge >= 0.3 is 0 Å². The molecule has 0 saturated carbocycles. The van der Waals surface area contributed by atoms with Crippen molar-refractivity contribution in [3.05, 3.63) is 40.4 Å². The quantitative estimate of drug-likeness (QED) is 0.270. The first-order valence-electron chi connectivity index (χ1n) is 8.07. The number of non-ortho nitro benzene ring substituents is 1. The van der Waals surface area contributed by atoms with Gasteiger partial charge in [0.2, 0.25) is 0 Å². The molecule has 2 rings (SSSR count). The SMILES string of the molecule is CCN(CC)c1ccc(N=Nc2cc([N+](=O)[O-])cc(S(=O)(=O)O)c2O)c(O)c1. The third kappa shape index (κ3) is 4.53. The monoisotopic (exact) mass is 410 g/mol. The number of aromatic hydroxyl groups is 2. The van der Waals surface area contributed by atoms with Crippen LogP contribution < -0.4 is 4.90 Å². The van der Waals surface area contributed by atoms with Gasteiger partial charge in [0, 0.05) is 37.0 Å². The van der Waals surface area contributed by atoms with E-state index < -0.39 is 37.1 Å². The number of rotatable bonds is 7. The minimum Gasteiger partial charge on any atom is -0.506 e. The zero-order valence-corrected chi connectivity index (χ0v) is 15.8. The highest BCUT2D eigenvalue weighted by molar-refractivity contribution is 7.86. The Morgan fingerprint density at radius 3 is 2.18 bits per heavy atom. The van der Waals surface area contributed by atoms with Crippen LogP contribution >= 0.6 is 0 Å². The van der Waals surface area contributed by atoms with Crippen LogP contribution in [0.3, 0.4) is 0 Å². The van der Waals surface area contributed by atoms with Gasteiger partial charge in [-0.15, -0.1) is 10.2 Å². The Balaban J connectivity index is 2.49. The second-order valence-corrected chi connectivity index (χ2v) is 6.98. The molecule has 0 atom stereocenters. The molecular formula is C16H18N4O7S. The van der Waals surface area contributed by atoms with Crippen LogP contribution in [0.2, 0.25) is 0 Å². The van der Waals surface area contributed by atoms with Gasteiger partial charge in [0.25, 0.3) is 15.8 Å². The van der Waals surface area contributed by atoms with Crippen LogP contribution in [0.15, 0.2) is 45.5 Å². The second-order valence-electron chi connectivity index (χ2n) is 5.59. The fourth-order valence-electron chi connectivity index (χ4n) is 2.45. The molecule has 0 unspecified atom stereocenters. The van der Waals surface area contributed by atoms with Gasteiger partial charge in [-0.3, -0.25) is 14.7 Å². The molecule has 12 heteroatoms. The van der Waals surface area contributed by atoms with Crippen molar-refractivity contribution in [3.63, 3.8) is 0 Å². The van der Waals surface area contributed by atoms with E-state index >= 15 is 0 Å². The third-order valence-corrected chi connectivity index (χ3v) is 4.75. The van der Waals surface area contributed by atoms with Crippen LogP contribution in [-0.4, -0.2) is 41.2 Å². The Morgan fingerprint density at radius 1 is 1.07 bits per heavy atom. The van der Waals surface area contributed by atoms with Crippen molar-refractivity contribution in [2.45, 2.75) is 18.7 Å². The Bertz CT molecular complexity index is 1030. The minimum absolute atomic E-state index is 0.00443. The van der Waals surface area contributed by atoms with Gasteiger partial charge in [-0.2, -0.15) is 8.42 Å². The van der Waals surface area contributed by atoms with Gasteiger partial charge in [-0.25, -0.2) is 0 Å². The molecule has 2 aromatic rings. The van der Waals surface area contributed by atoms with E-state index in [0.29, 0.717) is 6.07 Å². The number of nitrogens with zero attached hydrogens (tertiary/aromatic N) is 4. The van der Waals surface area contributed by atoms with Gasteiger partial charge in [-0.05, 0) is 26.0 Å². The normalized spacial score (nSPS) is 11.7. The standard InChI is InChI=1S/C16H18N4O7S/c1-3-19(4-2)10-5-6-12(14(21)8-10)17-18-13-7-11(20(23)24)9-15(16(13)22)28(25,26)27/h5-9,21-22H,3-4H2,1-2H3,(H,25,26,27). The van der Waals surface area contributed by atoms with Crippen molar-refractivity contribution in [2.75, 3.05) is 18.0 Å². The average Bonchev–Trinajstić information content (AvgIpc) is 2.61. The molecule has 0 aliphatic heterocycles. The fraction of sp³-hybridized carbons (Fsp3) is 0.250. The molecule has 28 heavy (non-hydrogen) atoms. The first-order valence-corrected chi connectivity index (χ1v) is 9.51. The number of nitro groups is 1. The molecule has 0 aliphatic carbocycles. The minimum atomic E-state index is -4.94. The number of azo groups is 1. The zero-order chi connectivity index (χ0) is 21.1. The number of hydrogen-bond donors (Lipinski definition) is 3. The molecule has 0 amide bonds. The van der Waals surface area contributed by atoms with Crippen molar-refractivity contribution >= 4 is 32.9 Å². The second kappa shape index (κ2) is 8.19. The number of phenols is 2. The molecule has 3 N–H and O–H groups in total. The third-order valence-electron chi connectivity index (χ3n) is 3.88. The predicted octanol–water partition coefficient (Wildman–Crippen LogP) is 3.51. The molecule has 0 bridgehead atoms. The number of phenolic OH excluding ortho intramolecular Hbond substituents is 2. The summed E-state index contributed by atoms with van der Waals surface area (Å²) in [6.07, 6.45) is 0. The molecule has 2 aromatic carbocycles. The predicted molar refractivity (Wildman–Crippen MR) is 100 cm³/mol. The lowest BCUT2D eigenvalue weighted by Gasteiger charge is -2.21. The molecule has 11 nitrogen and oxygen atoms in total. The van der Waals surface area contributed by atoms with Crippen molar-refractivity contribution in [1.82, 2.24) is 0 Å². The van der Waals surface area contributed by atoms with E-state index in [1.165, 1.54) is 12.1 Å². The summed E-state index contributed by atoms with van der Waals surface area (Å²) in [6, 6.07) is 5.87. The van der Waals surface area contributed by atoms with Crippen LogP contribution in [0.1, 0.15) is 13.8 Å². The maximum absolute atomic E-state index is 11.3. The van der Waals surface area contributed by atoms with Crippen molar-refractivity contribution in [3.8, 4) is 11.5 Å². The lowest BCUT2D eigenvalue weighted by atomic mass is 10.2. The summed E-state index contributed by atoms with van der Waals surface area (Å²) >= 11 is 0. The summed E-state index contributed by atoms with van der Waals surface area (Å²) in [5, 5.41) is 38.4. The summed E-state index contributed by atoms with van der Waals surface area (Å²) in [6.45, 7) is 5.34. The molecule has 0 heterocycles. The topological polar surface area (TPSA) is 166 Å². The van der Waals surface area contributed by atoms with Crippen LogP contribution in [0.4, 0.5) is 22.7 Å². The fourth-order valence-corrected chi connectivity index (χ4v) is 3.07. The van der Waals surface area contributed by atoms with Gasteiger partial charge in [-0.1, -0.05) is 0 Å². The molecule has 0 fully saturated rings.